The highest BCUT2D eigenvalue weighted by Gasteiger charge is 2.34. The summed E-state index contributed by atoms with van der Waals surface area (Å²) >= 11 is 0. The SMILES string of the molecule is Cc1nn(C2CCS(=O)(=O)C2)c2nc(-c3ccco3)cc(C3CC3)c12. The number of fused-ring (bicyclic) bond motifs is 1. The van der Waals surface area contributed by atoms with Gasteiger partial charge in [0, 0.05) is 5.39 Å². The van der Waals surface area contributed by atoms with Crippen molar-refractivity contribution >= 4 is 20.9 Å². The molecule has 1 saturated heterocycles. The quantitative estimate of drug-likeness (QED) is 0.719. The molecular formula is C18H19N3O3S. The molecule has 0 bridgehead atoms. The highest BCUT2D eigenvalue weighted by Crippen LogP contribution is 2.45. The van der Waals surface area contributed by atoms with Crippen LogP contribution in [0.3, 0.4) is 0 Å². The van der Waals surface area contributed by atoms with E-state index in [0.717, 1.165) is 28.2 Å². The number of rotatable bonds is 3. The summed E-state index contributed by atoms with van der Waals surface area (Å²) in [6, 6.07) is 5.74. The van der Waals surface area contributed by atoms with Crippen LogP contribution in [0, 0.1) is 6.92 Å². The number of furan rings is 1. The molecule has 0 aromatic carbocycles. The first-order chi connectivity index (χ1) is 12.0. The van der Waals surface area contributed by atoms with Crippen LogP contribution in [0.2, 0.25) is 0 Å². The van der Waals surface area contributed by atoms with Gasteiger partial charge in [-0.15, -0.1) is 0 Å². The molecule has 0 N–H and O–H groups in total. The highest BCUT2D eigenvalue weighted by atomic mass is 32.2. The molecule has 3 aromatic heterocycles. The summed E-state index contributed by atoms with van der Waals surface area (Å²) in [5.41, 5.74) is 3.78. The normalized spacial score (nSPS) is 22.7. The smallest absolute Gasteiger partial charge is 0.159 e. The summed E-state index contributed by atoms with van der Waals surface area (Å²) in [6.45, 7) is 1.99. The predicted octanol–water partition coefficient (Wildman–Crippen LogP) is 3.24. The minimum atomic E-state index is -2.98. The molecule has 4 heterocycles. The molecule has 1 saturated carbocycles. The fraction of sp³-hybridized carbons (Fsp3) is 0.444. The van der Waals surface area contributed by atoms with Crippen LogP contribution in [0.15, 0.2) is 28.9 Å². The molecule has 1 unspecified atom stereocenters. The van der Waals surface area contributed by atoms with Gasteiger partial charge in [-0.25, -0.2) is 18.1 Å². The van der Waals surface area contributed by atoms with Crippen LogP contribution in [0.25, 0.3) is 22.5 Å². The zero-order valence-electron chi connectivity index (χ0n) is 14.0. The molecule has 2 aliphatic rings. The standard InChI is InChI=1S/C18H19N3O3S/c1-11-17-14(12-4-5-12)9-15(16-3-2-7-24-16)19-18(17)21(20-11)13-6-8-25(22,23)10-13/h2-3,7,9,12-13H,4-6,8,10H2,1H3. The Bertz CT molecular complexity index is 1060. The molecule has 1 aliphatic carbocycles. The molecule has 2 fully saturated rings. The lowest BCUT2D eigenvalue weighted by molar-refractivity contribution is 0.509. The molecule has 0 radical (unpaired) electrons. The van der Waals surface area contributed by atoms with Gasteiger partial charge in [-0.2, -0.15) is 5.10 Å². The van der Waals surface area contributed by atoms with Gasteiger partial charge in [0.2, 0.25) is 0 Å². The second kappa shape index (κ2) is 5.17. The van der Waals surface area contributed by atoms with Gasteiger partial charge in [0.05, 0.1) is 29.5 Å². The predicted molar refractivity (Wildman–Crippen MR) is 94.2 cm³/mol. The maximum absolute atomic E-state index is 11.9. The average molecular weight is 357 g/mol. The summed E-state index contributed by atoms with van der Waals surface area (Å²) in [7, 11) is -2.98. The molecule has 1 aliphatic heterocycles. The third-order valence-electron chi connectivity index (χ3n) is 5.21. The van der Waals surface area contributed by atoms with Gasteiger partial charge in [0.25, 0.3) is 0 Å². The van der Waals surface area contributed by atoms with Crippen LogP contribution in [-0.4, -0.2) is 34.7 Å². The lowest BCUT2D eigenvalue weighted by Gasteiger charge is -2.11. The van der Waals surface area contributed by atoms with E-state index < -0.39 is 9.84 Å². The van der Waals surface area contributed by atoms with Gasteiger partial charge in [-0.05, 0) is 55.9 Å². The summed E-state index contributed by atoms with van der Waals surface area (Å²) in [5.74, 6) is 1.65. The van der Waals surface area contributed by atoms with E-state index in [2.05, 4.69) is 11.2 Å². The Morgan fingerprint density at radius 1 is 1.28 bits per heavy atom. The minimum absolute atomic E-state index is 0.132. The third kappa shape index (κ3) is 2.49. The van der Waals surface area contributed by atoms with Crippen molar-refractivity contribution in [1.29, 1.82) is 0 Å². The number of aryl methyl sites for hydroxylation is 1. The van der Waals surface area contributed by atoms with E-state index in [1.165, 1.54) is 18.4 Å². The summed E-state index contributed by atoms with van der Waals surface area (Å²) in [5, 5.41) is 5.77. The Labute approximate surface area is 145 Å². The second-order valence-corrected chi connectivity index (χ2v) is 9.36. The van der Waals surface area contributed by atoms with E-state index in [1.807, 2.05) is 23.7 Å². The molecule has 3 aromatic rings. The topological polar surface area (TPSA) is 78.0 Å². The minimum Gasteiger partial charge on any atom is -0.463 e. The summed E-state index contributed by atoms with van der Waals surface area (Å²) in [4.78, 5) is 4.81. The van der Waals surface area contributed by atoms with Crippen LogP contribution in [0.5, 0.6) is 0 Å². The van der Waals surface area contributed by atoms with Gasteiger partial charge in [-0.1, -0.05) is 0 Å². The van der Waals surface area contributed by atoms with Crippen molar-refractivity contribution in [2.24, 2.45) is 0 Å². The van der Waals surface area contributed by atoms with Crippen LogP contribution in [0.4, 0.5) is 0 Å². The van der Waals surface area contributed by atoms with Crippen molar-refractivity contribution in [2.45, 2.75) is 38.1 Å². The Morgan fingerprint density at radius 2 is 2.12 bits per heavy atom. The van der Waals surface area contributed by atoms with E-state index in [4.69, 9.17) is 9.40 Å². The van der Waals surface area contributed by atoms with Gasteiger partial charge < -0.3 is 4.42 Å². The van der Waals surface area contributed by atoms with Crippen molar-refractivity contribution in [3.8, 4) is 11.5 Å². The number of nitrogens with zero attached hydrogens (tertiary/aromatic N) is 3. The third-order valence-corrected chi connectivity index (χ3v) is 6.96. The first kappa shape index (κ1) is 15.1. The number of pyridine rings is 1. The molecule has 0 amide bonds. The fourth-order valence-corrected chi connectivity index (χ4v) is 5.53. The van der Waals surface area contributed by atoms with Gasteiger partial charge in [0.1, 0.15) is 5.69 Å². The first-order valence-corrected chi connectivity index (χ1v) is 10.5. The largest absolute Gasteiger partial charge is 0.463 e. The van der Waals surface area contributed by atoms with E-state index in [-0.39, 0.29) is 17.5 Å². The maximum Gasteiger partial charge on any atom is 0.159 e. The highest BCUT2D eigenvalue weighted by molar-refractivity contribution is 7.91. The van der Waals surface area contributed by atoms with Crippen molar-refractivity contribution < 1.29 is 12.8 Å². The van der Waals surface area contributed by atoms with Gasteiger partial charge >= 0.3 is 0 Å². The number of hydrogen-bond donors (Lipinski definition) is 0. The van der Waals surface area contributed by atoms with E-state index in [0.29, 0.717) is 12.3 Å². The molecule has 7 heteroatoms. The van der Waals surface area contributed by atoms with Crippen molar-refractivity contribution in [3.05, 3.63) is 35.7 Å². The molecule has 6 nitrogen and oxygen atoms in total. The van der Waals surface area contributed by atoms with Gasteiger partial charge in [0.15, 0.2) is 21.2 Å². The van der Waals surface area contributed by atoms with Gasteiger partial charge in [-0.3, -0.25) is 0 Å². The monoisotopic (exact) mass is 357 g/mol. The molecule has 1 atom stereocenters. The number of hydrogen-bond acceptors (Lipinski definition) is 5. The van der Waals surface area contributed by atoms with Crippen molar-refractivity contribution in [3.63, 3.8) is 0 Å². The van der Waals surface area contributed by atoms with E-state index in [9.17, 15) is 8.42 Å². The first-order valence-electron chi connectivity index (χ1n) is 8.66. The zero-order valence-corrected chi connectivity index (χ0v) is 14.8. The molecular weight excluding hydrogens is 338 g/mol. The van der Waals surface area contributed by atoms with Crippen LogP contribution in [-0.2, 0) is 9.84 Å². The molecule has 130 valence electrons. The maximum atomic E-state index is 11.9. The fourth-order valence-electron chi connectivity index (χ4n) is 3.84. The lowest BCUT2D eigenvalue weighted by atomic mass is 10.0. The number of aromatic nitrogens is 3. The molecule has 5 rings (SSSR count). The van der Waals surface area contributed by atoms with E-state index in [1.54, 1.807) is 6.26 Å². The van der Waals surface area contributed by atoms with Crippen LogP contribution < -0.4 is 0 Å². The Morgan fingerprint density at radius 3 is 2.76 bits per heavy atom. The second-order valence-electron chi connectivity index (χ2n) is 7.13. The van der Waals surface area contributed by atoms with E-state index >= 15 is 0 Å². The molecule has 25 heavy (non-hydrogen) atoms. The Hall–Kier alpha value is -2.15. The number of sulfone groups is 1. The van der Waals surface area contributed by atoms with Crippen LogP contribution in [0.1, 0.15) is 42.5 Å². The lowest BCUT2D eigenvalue weighted by Crippen LogP contribution is -2.13. The summed E-state index contributed by atoms with van der Waals surface area (Å²) in [6.07, 6.45) is 4.60. The van der Waals surface area contributed by atoms with Crippen LogP contribution >= 0.6 is 0 Å². The van der Waals surface area contributed by atoms with Crippen molar-refractivity contribution in [1.82, 2.24) is 14.8 Å². The Balaban J connectivity index is 1.74. The average Bonchev–Trinajstić information content (AvgIpc) is 3.00. The van der Waals surface area contributed by atoms with Crippen molar-refractivity contribution in [2.75, 3.05) is 11.5 Å². The molecule has 0 spiro atoms. The Kier molecular flexibility index (Phi) is 3.13. The zero-order chi connectivity index (χ0) is 17.2. The summed E-state index contributed by atoms with van der Waals surface area (Å²) < 4.78 is 31.2.